The van der Waals surface area contributed by atoms with E-state index in [1.54, 1.807) is 18.4 Å². The van der Waals surface area contributed by atoms with Crippen molar-refractivity contribution in [1.82, 2.24) is 24.8 Å². The quantitative estimate of drug-likeness (QED) is 0.262. The fourth-order valence-electron chi connectivity index (χ4n) is 5.74. The van der Waals surface area contributed by atoms with E-state index in [1.807, 2.05) is 12.5 Å². The van der Waals surface area contributed by atoms with Gasteiger partial charge in [-0.15, -0.1) is 11.3 Å². The van der Waals surface area contributed by atoms with Crippen LogP contribution in [-0.2, 0) is 11.3 Å². The molecule has 2 aliphatic heterocycles. The molecule has 0 saturated carbocycles. The molecule has 9 nitrogen and oxygen atoms in total. The smallest absolute Gasteiger partial charge is 0.237 e. The second-order valence-corrected chi connectivity index (χ2v) is 12.6. The number of morpholine rings is 1. The van der Waals surface area contributed by atoms with Gasteiger partial charge in [0.1, 0.15) is 5.69 Å². The SMILES string of the molecule is CCC.CCN(CC)C1CCN(Cc2c(C)sc3c(-c4cnc(OC)c(NSC)c4)nc(N4CCOCC4)nc23)CC1. The van der Waals surface area contributed by atoms with E-state index in [2.05, 4.69) is 65.1 Å². The first kappa shape index (κ1) is 32.7. The first-order chi connectivity index (χ1) is 20.5. The van der Waals surface area contributed by atoms with Crippen LogP contribution in [0.15, 0.2) is 12.3 Å². The third kappa shape index (κ3) is 7.66. The molecule has 5 rings (SSSR count). The third-order valence-electron chi connectivity index (χ3n) is 7.91. The van der Waals surface area contributed by atoms with E-state index in [-0.39, 0.29) is 0 Å². The van der Waals surface area contributed by atoms with Gasteiger partial charge in [-0.1, -0.05) is 46.1 Å². The number of thiophene rings is 1. The second kappa shape index (κ2) is 16.0. The van der Waals surface area contributed by atoms with Crippen molar-refractivity contribution in [3.8, 4) is 17.1 Å². The number of anilines is 2. The van der Waals surface area contributed by atoms with Crippen molar-refractivity contribution >= 4 is 45.1 Å². The van der Waals surface area contributed by atoms with Crippen molar-refractivity contribution in [3.63, 3.8) is 0 Å². The number of methoxy groups -OCH3 is 1. The van der Waals surface area contributed by atoms with Gasteiger partial charge in [-0.25, -0.2) is 15.0 Å². The highest BCUT2D eigenvalue weighted by Gasteiger charge is 2.26. The average molecular weight is 616 g/mol. The van der Waals surface area contributed by atoms with Crippen LogP contribution < -0.4 is 14.4 Å². The maximum atomic E-state index is 5.62. The number of aromatic nitrogens is 3. The number of fused-ring (bicyclic) bond motifs is 1. The van der Waals surface area contributed by atoms with Crippen LogP contribution in [0.25, 0.3) is 21.5 Å². The van der Waals surface area contributed by atoms with E-state index in [1.165, 1.54) is 41.7 Å². The Labute approximate surface area is 260 Å². The molecule has 2 saturated heterocycles. The molecule has 0 amide bonds. The highest BCUT2D eigenvalue weighted by atomic mass is 32.2. The summed E-state index contributed by atoms with van der Waals surface area (Å²) in [6.45, 7) is 19.4. The maximum absolute atomic E-state index is 5.62. The Bertz CT molecular complexity index is 1270. The lowest BCUT2D eigenvalue weighted by atomic mass is 10.0. The Morgan fingerprint density at radius 2 is 1.79 bits per heavy atom. The minimum absolute atomic E-state index is 0.572. The molecule has 0 radical (unpaired) electrons. The number of piperidine rings is 1. The van der Waals surface area contributed by atoms with Gasteiger partial charge < -0.3 is 24.0 Å². The molecule has 2 fully saturated rings. The van der Waals surface area contributed by atoms with Gasteiger partial charge in [-0.3, -0.25) is 4.90 Å². The summed E-state index contributed by atoms with van der Waals surface area (Å²) >= 11 is 3.32. The molecule has 0 bridgehead atoms. The Morgan fingerprint density at radius 1 is 1.10 bits per heavy atom. The molecular weight excluding hydrogens is 567 g/mol. The summed E-state index contributed by atoms with van der Waals surface area (Å²) in [6, 6.07) is 2.78. The normalized spacial score (nSPS) is 16.5. The molecule has 0 unspecified atom stereocenters. The van der Waals surface area contributed by atoms with Gasteiger partial charge in [0.05, 0.1) is 36.2 Å². The van der Waals surface area contributed by atoms with E-state index >= 15 is 0 Å². The first-order valence-electron chi connectivity index (χ1n) is 15.4. The van der Waals surface area contributed by atoms with Crippen LogP contribution in [0.2, 0.25) is 0 Å². The molecule has 3 aromatic rings. The van der Waals surface area contributed by atoms with Gasteiger partial charge in [0.15, 0.2) is 0 Å². The Morgan fingerprint density at radius 3 is 2.40 bits per heavy atom. The summed E-state index contributed by atoms with van der Waals surface area (Å²) < 4.78 is 15.5. The predicted molar refractivity (Wildman–Crippen MR) is 179 cm³/mol. The summed E-state index contributed by atoms with van der Waals surface area (Å²) in [7, 11) is 1.65. The fourth-order valence-corrected chi connectivity index (χ4v) is 7.22. The van der Waals surface area contributed by atoms with Gasteiger partial charge in [-0.05, 0) is 52.0 Å². The lowest BCUT2D eigenvalue weighted by Crippen LogP contribution is -2.44. The highest BCUT2D eigenvalue weighted by Crippen LogP contribution is 2.40. The van der Waals surface area contributed by atoms with Crippen molar-refractivity contribution in [2.75, 3.05) is 75.5 Å². The van der Waals surface area contributed by atoms with Gasteiger partial charge in [-0.2, -0.15) is 0 Å². The Kier molecular flexibility index (Phi) is 12.5. The molecule has 5 heterocycles. The summed E-state index contributed by atoms with van der Waals surface area (Å²) in [6.07, 6.45) is 7.56. The number of nitrogens with zero attached hydrogens (tertiary/aromatic N) is 6. The molecule has 0 aromatic carbocycles. The van der Waals surface area contributed by atoms with Gasteiger partial charge in [0, 0.05) is 54.1 Å². The molecular formula is C31H49N7O2S2. The number of hydrogen-bond donors (Lipinski definition) is 1. The zero-order valence-corrected chi connectivity index (χ0v) is 28.2. The zero-order valence-electron chi connectivity index (χ0n) is 26.5. The fraction of sp³-hybridized carbons (Fsp3) is 0.645. The number of nitrogens with one attached hydrogen (secondary N) is 1. The summed E-state index contributed by atoms with van der Waals surface area (Å²) in [5.41, 5.74) is 5.14. The van der Waals surface area contributed by atoms with Crippen molar-refractivity contribution in [3.05, 3.63) is 22.7 Å². The molecule has 2 aliphatic rings. The lowest BCUT2D eigenvalue weighted by molar-refractivity contribution is 0.113. The van der Waals surface area contributed by atoms with E-state index in [0.717, 1.165) is 78.9 Å². The first-order valence-corrected chi connectivity index (χ1v) is 17.4. The van der Waals surface area contributed by atoms with Crippen molar-refractivity contribution in [2.45, 2.75) is 66.5 Å². The lowest BCUT2D eigenvalue weighted by Gasteiger charge is -2.37. The minimum atomic E-state index is 0.572. The standard InChI is InChI=1S/C28H41N7O2S2.C3H8/c1-6-34(7-2)21-8-10-33(11-9-21)18-22-19(3)39-26-24(20-16-23(32-38-5)27(36-4)29-17-20)30-28(31-25(22)26)35-12-14-37-15-13-35;1-3-2/h16-17,21,32H,6-15,18H2,1-5H3;3H2,1-2H3. The topological polar surface area (TPSA) is 78.9 Å². The number of hydrogen-bond acceptors (Lipinski definition) is 11. The predicted octanol–water partition coefficient (Wildman–Crippen LogP) is 6.32. The molecule has 42 heavy (non-hydrogen) atoms. The largest absolute Gasteiger partial charge is 0.480 e. The van der Waals surface area contributed by atoms with Crippen molar-refractivity contribution in [1.29, 1.82) is 0 Å². The van der Waals surface area contributed by atoms with Crippen molar-refractivity contribution in [2.24, 2.45) is 0 Å². The summed E-state index contributed by atoms with van der Waals surface area (Å²) in [4.78, 5) is 23.7. The molecule has 1 N–H and O–H groups in total. The van der Waals surface area contributed by atoms with E-state index < -0.39 is 0 Å². The second-order valence-electron chi connectivity index (χ2n) is 10.8. The van der Waals surface area contributed by atoms with E-state index in [4.69, 9.17) is 19.4 Å². The minimum Gasteiger partial charge on any atom is -0.480 e. The Balaban J connectivity index is 0.00000129. The number of rotatable bonds is 10. The number of aryl methyl sites for hydroxylation is 1. The van der Waals surface area contributed by atoms with Crippen molar-refractivity contribution < 1.29 is 9.47 Å². The monoisotopic (exact) mass is 615 g/mol. The van der Waals surface area contributed by atoms with E-state index in [0.29, 0.717) is 25.1 Å². The summed E-state index contributed by atoms with van der Waals surface area (Å²) in [5.74, 6) is 1.35. The van der Waals surface area contributed by atoms with E-state index in [9.17, 15) is 0 Å². The highest BCUT2D eigenvalue weighted by molar-refractivity contribution is 7.99. The van der Waals surface area contributed by atoms with Gasteiger partial charge in [0.2, 0.25) is 11.8 Å². The Hall–Kier alpha value is -2.18. The zero-order chi connectivity index (χ0) is 30.1. The molecule has 232 valence electrons. The van der Waals surface area contributed by atoms with Crippen LogP contribution in [0.1, 0.15) is 57.4 Å². The van der Waals surface area contributed by atoms with Crippen LogP contribution in [0, 0.1) is 6.92 Å². The third-order valence-corrected chi connectivity index (χ3v) is 9.48. The maximum Gasteiger partial charge on any atom is 0.237 e. The molecule has 3 aromatic heterocycles. The van der Waals surface area contributed by atoms with Crippen LogP contribution in [0.4, 0.5) is 11.6 Å². The van der Waals surface area contributed by atoms with Crippen LogP contribution in [-0.4, -0.2) is 96.6 Å². The number of pyridine rings is 1. The van der Waals surface area contributed by atoms with Gasteiger partial charge >= 0.3 is 0 Å². The van der Waals surface area contributed by atoms with Gasteiger partial charge in [0.25, 0.3) is 0 Å². The van der Waals surface area contributed by atoms with Crippen LogP contribution in [0.5, 0.6) is 5.88 Å². The summed E-state index contributed by atoms with van der Waals surface area (Å²) in [5, 5.41) is 0. The molecule has 0 aliphatic carbocycles. The molecule has 0 spiro atoms. The molecule has 11 heteroatoms. The average Bonchev–Trinajstić information content (AvgIpc) is 3.33. The number of likely N-dealkylation sites (tertiary alicyclic amines) is 1. The van der Waals surface area contributed by atoms with Crippen LogP contribution in [0.3, 0.4) is 0 Å². The van der Waals surface area contributed by atoms with Crippen LogP contribution >= 0.6 is 23.3 Å². The molecule has 0 atom stereocenters. The number of ether oxygens (including phenoxy) is 2.